The van der Waals surface area contributed by atoms with Crippen molar-refractivity contribution in [2.75, 3.05) is 24.7 Å². The summed E-state index contributed by atoms with van der Waals surface area (Å²) >= 11 is 6.53. The molecule has 2 N–H and O–H groups in total. The van der Waals surface area contributed by atoms with E-state index in [4.69, 9.17) is 16.6 Å². The number of benzene rings is 2. The van der Waals surface area contributed by atoms with Gasteiger partial charge in [-0.15, -0.1) is 0 Å². The Bertz CT molecular complexity index is 1640. The lowest BCUT2D eigenvalue weighted by Crippen LogP contribution is -2.49. The van der Waals surface area contributed by atoms with E-state index in [0.29, 0.717) is 33.1 Å². The van der Waals surface area contributed by atoms with Crippen LogP contribution in [0.2, 0.25) is 5.02 Å². The largest absolute Gasteiger partial charge is 0.359 e. The van der Waals surface area contributed by atoms with Crippen molar-refractivity contribution in [2.24, 2.45) is 5.41 Å². The number of nitrogens with zero attached hydrogens (tertiary/aromatic N) is 4. The van der Waals surface area contributed by atoms with E-state index in [9.17, 15) is 13.7 Å². The predicted molar refractivity (Wildman–Crippen MR) is 150 cm³/mol. The fourth-order valence-electron chi connectivity index (χ4n) is 5.49. The number of fused-ring (bicyclic) bond motifs is 1. The van der Waals surface area contributed by atoms with Crippen LogP contribution in [0, 0.1) is 16.7 Å². The third-order valence-electron chi connectivity index (χ3n) is 6.81. The van der Waals surface area contributed by atoms with Crippen LogP contribution in [0.1, 0.15) is 31.4 Å². The van der Waals surface area contributed by atoms with Crippen molar-refractivity contribution in [3.63, 3.8) is 0 Å². The topological polar surface area (TPSA) is 115 Å². The summed E-state index contributed by atoms with van der Waals surface area (Å²) in [5, 5.41) is 13.9. The van der Waals surface area contributed by atoms with Gasteiger partial charge in [-0.2, -0.15) is 5.26 Å². The zero-order valence-electron chi connectivity index (χ0n) is 21.5. The number of piperidine rings is 1. The molecule has 1 saturated heterocycles. The average Bonchev–Trinajstić information content (AvgIpc) is 3.27. The van der Waals surface area contributed by atoms with Crippen molar-refractivity contribution >= 4 is 38.3 Å². The van der Waals surface area contributed by atoms with Gasteiger partial charge in [0.25, 0.3) is 0 Å². The molecule has 0 spiro atoms. The smallest absolute Gasteiger partial charge is 0.223 e. The number of halogens is 1. The second-order valence-electron chi connectivity index (χ2n) is 10.7. The molecule has 196 valence electrons. The van der Waals surface area contributed by atoms with Gasteiger partial charge in [0.1, 0.15) is 11.0 Å². The van der Waals surface area contributed by atoms with E-state index in [2.05, 4.69) is 58.3 Å². The maximum Gasteiger partial charge on any atom is 0.223 e. The van der Waals surface area contributed by atoms with Crippen molar-refractivity contribution < 1.29 is 8.42 Å². The van der Waals surface area contributed by atoms with Crippen molar-refractivity contribution in [1.82, 2.24) is 19.9 Å². The Morgan fingerprint density at radius 2 is 2.00 bits per heavy atom. The third kappa shape index (κ3) is 5.39. The van der Waals surface area contributed by atoms with Gasteiger partial charge in [0, 0.05) is 49.1 Å². The minimum atomic E-state index is -3.65. The van der Waals surface area contributed by atoms with Crippen LogP contribution in [-0.2, 0) is 16.4 Å². The molecule has 3 heterocycles. The Hall–Kier alpha value is -3.45. The first kappa shape index (κ1) is 26.2. The molecule has 2 aromatic heterocycles. The number of aromatic amines is 1. The molecular weight excluding hydrogens is 520 g/mol. The fraction of sp³-hybridized carbons (Fsp3) is 0.321. The molecule has 0 unspecified atom stereocenters. The van der Waals surface area contributed by atoms with Crippen LogP contribution in [0.15, 0.2) is 59.8 Å². The van der Waals surface area contributed by atoms with Gasteiger partial charge in [0.15, 0.2) is 9.84 Å². The van der Waals surface area contributed by atoms with Gasteiger partial charge < -0.3 is 10.3 Å². The van der Waals surface area contributed by atoms with Crippen LogP contribution < -0.4 is 5.32 Å². The van der Waals surface area contributed by atoms with Crippen molar-refractivity contribution in [2.45, 2.75) is 37.8 Å². The molecular formula is C28H29ClN6O2S. The minimum Gasteiger partial charge on any atom is -0.359 e. The van der Waals surface area contributed by atoms with Gasteiger partial charge in [-0.25, -0.2) is 18.4 Å². The molecule has 8 nitrogen and oxygen atoms in total. The number of sulfone groups is 1. The van der Waals surface area contributed by atoms with E-state index in [1.165, 1.54) is 11.6 Å². The molecule has 1 aliphatic rings. The molecule has 2 aromatic carbocycles. The number of nitriles is 1. The second kappa shape index (κ2) is 10.0. The number of likely N-dealkylation sites (tertiary alicyclic amines) is 1. The highest BCUT2D eigenvalue weighted by molar-refractivity contribution is 7.91. The summed E-state index contributed by atoms with van der Waals surface area (Å²) in [4.78, 5) is 14.6. The first-order valence-corrected chi connectivity index (χ1v) is 14.6. The van der Waals surface area contributed by atoms with Gasteiger partial charge in [-0.05, 0) is 23.5 Å². The third-order valence-corrected chi connectivity index (χ3v) is 8.25. The maximum absolute atomic E-state index is 12.5. The number of rotatable bonds is 6. The number of H-pyrrole nitrogens is 1. The molecule has 1 aliphatic heterocycles. The molecule has 0 amide bonds. The molecule has 0 saturated carbocycles. The number of aromatic nitrogens is 3. The van der Waals surface area contributed by atoms with Crippen LogP contribution in [0.25, 0.3) is 22.2 Å². The Labute approximate surface area is 227 Å². The van der Waals surface area contributed by atoms with Crippen LogP contribution in [0.3, 0.4) is 0 Å². The van der Waals surface area contributed by atoms with Crippen LogP contribution in [-0.4, -0.2) is 53.7 Å². The Morgan fingerprint density at radius 1 is 1.24 bits per heavy atom. The minimum absolute atomic E-state index is 0.0322. The standard InChI is InChI=1S/C28H29ClN6O2S/c1-28(2)11-20(16-35(17-28)15-18-7-5-4-6-8-18)33-27-32-14-23(29)24(34-27)22-13-31-25-21(22)10-9-19(12-30)26(25)38(3,36)37/h4-10,13-14,20,31H,11,15-17H2,1-3H3,(H,32,33,34)/t20-/m0/s1. The summed E-state index contributed by atoms with van der Waals surface area (Å²) in [5.74, 6) is 0.457. The fourth-order valence-corrected chi connectivity index (χ4v) is 6.73. The summed E-state index contributed by atoms with van der Waals surface area (Å²) in [7, 11) is -3.65. The van der Waals surface area contributed by atoms with Gasteiger partial charge in [-0.3, -0.25) is 4.90 Å². The Balaban J connectivity index is 1.45. The summed E-state index contributed by atoms with van der Waals surface area (Å²) < 4.78 is 24.9. The summed E-state index contributed by atoms with van der Waals surface area (Å²) in [5.41, 5.74) is 2.95. The highest BCUT2D eigenvalue weighted by atomic mass is 35.5. The first-order chi connectivity index (χ1) is 18.0. The normalized spacial score (nSPS) is 17.8. The monoisotopic (exact) mass is 548 g/mol. The molecule has 38 heavy (non-hydrogen) atoms. The average molecular weight is 549 g/mol. The predicted octanol–water partition coefficient (Wildman–Crippen LogP) is 5.27. The lowest BCUT2D eigenvalue weighted by molar-refractivity contribution is 0.101. The molecule has 0 aliphatic carbocycles. The first-order valence-electron chi connectivity index (χ1n) is 12.3. The molecule has 0 bridgehead atoms. The van der Waals surface area contributed by atoms with Crippen LogP contribution in [0.4, 0.5) is 5.95 Å². The Kier molecular flexibility index (Phi) is 6.90. The van der Waals surface area contributed by atoms with E-state index >= 15 is 0 Å². The number of nitrogens with one attached hydrogen (secondary N) is 2. The van der Waals surface area contributed by atoms with Crippen molar-refractivity contribution in [3.05, 3.63) is 71.0 Å². The quantitative estimate of drug-likeness (QED) is 0.337. The highest BCUT2D eigenvalue weighted by Gasteiger charge is 2.33. The van der Waals surface area contributed by atoms with E-state index in [1.54, 1.807) is 18.5 Å². The molecule has 1 atom stereocenters. The van der Waals surface area contributed by atoms with Gasteiger partial charge in [0.05, 0.1) is 28.0 Å². The number of hydrogen-bond donors (Lipinski definition) is 2. The molecule has 0 radical (unpaired) electrons. The molecule has 10 heteroatoms. The second-order valence-corrected chi connectivity index (χ2v) is 13.1. The zero-order valence-corrected chi connectivity index (χ0v) is 23.1. The van der Waals surface area contributed by atoms with Crippen molar-refractivity contribution in [1.29, 1.82) is 5.26 Å². The van der Waals surface area contributed by atoms with Crippen molar-refractivity contribution in [3.8, 4) is 17.3 Å². The maximum atomic E-state index is 12.5. The van der Waals surface area contributed by atoms with E-state index in [-0.39, 0.29) is 21.9 Å². The van der Waals surface area contributed by atoms with E-state index in [0.717, 1.165) is 32.3 Å². The lowest BCUT2D eigenvalue weighted by Gasteiger charge is -2.42. The number of anilines is 1. The number of hydrogen-bond acceptors (Lipinski definition) is 7. The lowest BCUT2D eigenvalue weighted by atomic mass is 9.81. The molecule has 5 rings (SSSR count). The van der Waals surface area contributed by atoms with Crippen LogP contribution >= 0.6 is 11.6 Å². The Morgan fingerprint density at radius 3 is 2.71 bits per heavy atom. The van der Waals surface area contributed by atoms with Crippen LogP contribution in [0.5, 0.6) is 0 Å². The van der Waals surface area contributed by atoms with E-state index in [1.807, 2.05) is 12.1 Å². The molecule has 1 fully saturated rings. The SMILES string of the molecule is CC1(C)C[C@H](Nc2ncc(Cl)c(-c3c[nH]c4c(S(C)(=O)=O)c(C#N)ccc34)n2)CN(Cc2ccccc2)C1. The van der Waals surface area contributed by atoms with Gasteiger partial charge in [-0.1, -0.05) is 61.8 Å². The van der Waals surface area contributed by atoms with E-state index < -0.39 is 9.84 Å². The zero-order chi connectivity index (χ0) is 27.1. The summed E-state index contributed by atoms with van der Waals surface area (Å²) in [6.45, 7) is 7.26. The summed E-state index contributed by atoms with van der Waals surface area (Å²) in [6.07, 6.45) is 5.28. The van der Waals surface area contributed by atoms with Gasteiger partial charge in [0.2, 0.25) is 5.95 Å². The van der Waals surface area contributed by atoms with Gasteiger partial charge >= 0.3 is 0 Å². The molecule has 4 aromatic rings. The highest BCUT2D eigenvalue weighted by Crippen LogP contribution is 2.36. The summed E-state index contributed by atoms with van der Waals surface area (Å²) in [6, 6.07) is 15.8.